The monoisotopic (exact) mass is 327 g/mol. The Morgan fingerprint density at radius 1 is 1.40 bits per heavy atom. The van der Waals surface area contributed by atoms with Gasteiger partial charge in [-0.15, -0.1) is 0 Å². The fourth-order valence-corrected chi connectivity index (χ4v) is 1.90. The van der Waals surface area contributed by atoms with Crippen molar-refractivity contribution in [1.29, 1.82) is 5.26 Å². The molecule has 0 saturated carbocycles. The standard InChI is InChI=1S/C9H5F3INO/c10-9(11,12)7-1-5(4-15)2-8(13)6(7)3-14/h1-2,15H,4H2. The minimum absolute atomic E-state index is 0.144. The van der Waals surface area contributed by atoms with E-state index in [-0.39, 0.29) is 9.13 Å². The number of aliphatic hydroxyl groups excluding tert-OH is 1. The molecule has 0 spiro atoms. The van der Waals surface area contributed by atoms with Crippen LogP contribution in [0.25, 0.3) is 0 Å². The van der Waals surface area contributed by atoms with Crippen molar-refractivity contribution < 1.29 is 18.3 Å². The highest BCUT2D eigenvalue weighted by atomic mass is 127. The number of hydrogen-bond acceptors (Lipinski definition) is 2. The number of alkyl halides is 3. The first-order chi connectivity index (χ1) is 6.90. The molecule has 0 amide bonds. The van der Waals surface area contributed by atoms with Crippen LogP contribution in [-0.4, -0.2) is 5.11 Å². The maximum Gasteiger partial charge on any atom is 0.417 e. The average Bonchev–Trinajstić information content (AvgIpc) is 2.15. The normalized spacial score (nSPS) is 11.2. The van der Waals surface area contributed by atoms with E-state index in [9.17, 15) is 13.2 Å². The van der Waals surface area contributed by atoms with Gasteiger partial charge >= 0.3 is 6.18 Å². The van der Waals surface area contributed by atoms with Gasteiger partial charge in [0, 0.05) is 3.57 Å². The molecule has 0 radical (unpaired) electrons. The van der Waals surface area contributed by atoms with Gasteiger partial charge in [-0.3, -0.25) is 0 Å². The molecule has 1 rings (SSSR count). The maximum atomic E-state index is 12.5. The van der Waals surface area contributed by atoms with E-state index < -0.39 is 23.9 Å². The zero-order chi connectivity index (χ0) is 11.6. The summed E-state index contributed by atoms with van der Waals surface area (Å²) >= 11 is 1.64. The van der Waals surface area contributed by atoms with E-state index >= 15 is 0 Å². The molecule has 15 heavy (non-hydrogen) atoms. The van der Waals surface area contributed by atoms with Gasteiger partial charge in [-0.05, 0) is 40.3 Å². The highest BCUT2D eigenvalue weighted by Gasteiger charge is 2.34. The van der Waals surface area contributed by atoms with Gasteiger partial charge in [-0.2, -0.15) is 18.4 Å². The van der Waals surface area contributed by atoms with E-state index in [4.69, 9.17) is 10.4 Å². The third-order valence-electron chi connectivity index (χ3n) is 1.75. The van der Waals surface area contributed by atoms with E-state index in [2.05, 4.69) is 0 Å². The van der Waals surface area contributed by atoms with Crippen molar-refractivity contribution in [2.75, 3.05) is 0 Å². The summed E-state index contributed by atoms with van der Waals surface area (Å²) in [7, 11) is 0. The number of aliphatic hydroxyl groups is 1. The van der Waals surface area contributed by atoms with E-state index in [1.807, 2.05) is 0 Å². The van der Waals surface area contributed by atoms with E-state index in [1.54, 1.807) is 22.6 Å². The SMILES string of the molecule is N#Cc1c(I)cc(CO)cc1C(F)(F)F. The van der Waals surface area contributed by atoms with Crippen LogP contribution in [-0.2, 0) is 12.8 Å². The van der Waals surface area contributed by atoms with Gasteiger partial charge in [-0.25, -0.2) is 0 Å². The molecular formula is C9H5F3INO. The van der Waals surface area contributed by atoms with E-state index in [0.717, 1.165) is 6.07 Å². The Labute approximate surface area is 97.5 Å². The first-order valence-electron chi connectivity index (χ1n) is 3.80. The fraction of sp³-hybridized carbons (Fsp3) is 0.222. The van der Waals surface area contributed by atoms with E-state index in [1.165, 1.54) is 12.1 Å². The molecule has 0 aliphatic heterocycles. The van der Waals surface area contributed by atoms with Gasteiger partial charge in [0.15, 0.2) is 0 Å². The first kappa shape index (κ1) is 12.3. The van der Waals surface area contributed by atoms with Crippen LogP contribution in [0.1, 0.15) is 16.7 Å². The lowest BCUT2D eigenvalue weighted by molar-refractivity contribution is -0.137. The lowest BCUT2D eigenvalue weighted by Crippen LogP contribution is -2.10. The second kappa shape index (κ2) is 4.37. The van der Waals surface area contributed by atoms with Crippen LogP contribution >= 0.6 is 22.6 Å². The fourth-order valence-electron chi connectivity index (χ4n) is 1.09. The molecule has 0 fully saturated rings. The van der Waals surface area contributed by atoms with Crippen molar-refractivity contribution >= 4 is 22.6 Å². The third kappa shape index (κ3) is 2.60. The minimum atomic E-state index is -4.57. The van der Waals surface area contributed by atoms with Crippen LogP contribution in [0, 0.1) is 14.9 Å². The number of nitriles is 1. The van der Waals surface area contributed by atoms with Gasteiger partial charge in [0.05, 0.1) is 17.7 Å². The summed E-state index contributed by atoms with van der Waals surface area (Å²) in [4.78, 5) is 0. The maximum absolute atomic E-state index is 12.5. The zero-order valence-corrected chi connectivity index (χ0v) is 9.43. The Morgan fingerprint density at radius 3 is 2.40 bits per heavy atom. The number of halogens is 4. The second-order valence-corrected chi connectivity index (χ2v) is 3.93. The molecule has 0 bridgehead atoms. The summed E-state index contributed by atoms with van der Waals surface area (Å²) in [5, 5.41) is 17.4. The highest BCUT2D eigenvalue weighted by Crippen LogP contribution is 2.34. The summed E-state index contributed by atoms with van der Waals surface area (Å²) < 4.78 is 37.7. The molecule has 1 aromatic rings. The van der Waals surface area contributed by atoms with E-state index in [0.29, 0.717) is 0 Å². The molecule has 0 heterocycles. The van der Waals surface area contributed by atoms with Crippen LogP contribution in [0.4, 0.5) is 13.2 Å². The predicted octanol–water partition coefficient (Wildman–Crippen LogP) is 2.67. The van der Waals surface area contributed by atoms with Gasteiger partial charge in [0.1, 0.15) is 6.07 Å². The van der Waals surface area contributed by atoms with Crippen molar-refractivity contribution in [3.8, 4) is 6.07 Å². The number of hydrogen-bond donors (Lipinski definition) is 1. The Balaban J connectivity index is 3.48. The predicted molar refractivity (Wildman–Crippen MR) is 54.8 cm³/mol. The topological polar surface area (TPSA) is 44.0 Å². The number of nitrogens with zero attached hydrogens (tertiary/aromatic N) is 1. The van der Waals surface area contributed by atoms with Gasteiger partial charge in [0.2, 0.25) is 0 Å². The Morgan fingerprint density at radius 2 is 2.00 bits per heavy atom. The van der Waals surface area contributed by atoms with Gasteiger partial charge in [0.25, 0.3) is 0 Å². The number of rotatable bonds is 1. The van der Waals surface area contributed by atoms with Crippen LogP contribution in [0.15, 0.2) is 12.1 Å². The summed E-state index contributed by atoms with van der Waals surface area (Å²) in [6.07, 6.45) is -4.57. The smallest absolute Gasteiger partial charge is 0.392 e. The van der Waals surface area contributed by atoms with Crippen LogP contribution in [0.2, 0.25) is 0 Å². The molecule has 1 aromatic carbocycles. The summed E-state index contributed by atoms with van der Waals surface area (Å²) in [6.45, 7) is -0.481. The van der Waals surface area contributed by atoms with Crippen molar-refractivity contribution in [2.45, 2.75) is 12.8 Å². The Bertz CT molecular complexity index is 423. The molecule has 2 nitrogen and oxygen atoms in total. The molecular weight excluding hydrogens is 322 g/mol. The average molecular weight is 327 g/mol. The van der Waals surface area contributed by atoms with Gasteiger partial charge in [-0.1, -0.05) is 0 Å². The second-order valence-electron chi connectivity index (χ2n) is 2.77. The number of benzene rings is 1. The quantitative estimate of drug-likeness (QED) is 0.806. The lowest BCUT2D eigenvalue weighted by atomic mass is 10.0. The summed E-state index contributed by atoms with van der Waals surface area (Å²) in [6, 6.07) is 3.66. The summed E-state index contributed by atoms with van der Waals surface area (Å²) in [5.74, 6) is 0. The van der Waals surface area contributed by atoms with Crippen LogP contribution in [0.5, 0.6) is 0 Å². The molecule has 0 saturated heterocycles. The summed E-state index contributed by atoms with van der Waals surface area (Å²) in [5.41, 5.74) is -1.26. The van der Waals surface area contributed by atoms with Crippen molar-refractivity contribution in [2.24, 2.45) is 0 Å². The molecule has 0 aliphatic carbocycles. The molecule has 0 atom stereocenters. The molecule has 0 unspecified atom stereocenters. The Hall–Kier alpha value is -0.810. The molecule has 6 heteroatoms. The third-order valence-corrected chi connectivity index (χ3v) is 2.60. The Kier molecular flexibility index (Phi) is 3.57. The van der Waals surface area contributed by atoms with Crippen LogP contribution < -0.4 is 0 Å². The van der Waals surface area contributed by atoms with Crippen molar-refractivity contribution in [1.82, 2.24) is 0 Å². The lowest BCUT2D eigenvalue weighted by Gasteiger charge is -2.11. The molecule has 0 aromatic heterocycles. The van der Waals surface area contributed by atoms with Crippen molar-refractivity contribution in [3.05, 3.63) is 32.4 Å². The first-order valence-corrected chi connectivity index (χ1v) is 4.88. The van der Waals surface area contributed by atoms with Crippen molar-refractivity contribution in [3.63, 3.8) is 0 Å². The zero-order valence-electron chi connectivity index (χ0n) is 7.27. The van der Waals surface area contributed by atoms with Gasteiger partial charge < -0.3 is 5.11 Å². The molecule has 1 N–H and O–H groups in total. The largest absolute Gasteiger partial charge is 0.417 e. The van der Waals surface area contributed by atoms with Crippen LogP contribution in [0.3, 0.4) is 0 Å². The molecule has 0 aliphatic rings. The highest BCUT2D eigenvalue weighted by molar-refractivity contribution is 14.1. The minimum Gasteiger partial charge on any atom is -0.392 e. The molecule has 80 valence electrons.